The number of halogens is 4. The first-order chi connectivity index (χ1) is 15.2. The van der Waals surface area contributed by atoms with E-state index < -0.39 is 17.6 Å². The summed E-state index contributed by atoms with van der Waals surface area (Å²) in [6.07, 6.45) is -4.51. The van der Waals surface area contributed by atoms with Crippen molar-refractivity contribution in [3.63, 3.8) is 0 Å². The van der Waals surface area contributed by atoms with Crippen molar-refractivity contribution in [3.8, 4) is 5.69 Å². The molecule has 2 aromatic carbocycles. The second kappa shape index (κ2) is 8.97. The van der Waals surface area contributed by atoms with Crippen molar-refractivity contribution in [1.29, 1.82) is 0 Å². The largest absolute Gasteiger partial charge is 0.416 e. The molecule has 0 saturated heterocycles. The summed E-state index contributed by atoms with van der Waals surface area (Å²) in [4.78, 5) is 29.9. The highest BCUT2D eigenvalue weighted by Crippen LogP contribution is 2.31. The number of thioether (sulfide) groups is 1. The van der Waals surface area contributed by atoms with E-state index in [9.17, 15) is 22.8 Å². The second-order valence-corrected chi connectivity index (χ2v) is 8.86. The number of hydrogen-bond acceptors (Lipinski definition) is 5. The first-order valence-electron chi connectivity index (χ1n) is 9.08. The van der Waals surface area contributed by atoms with Gasteiger partial charge in [-0.3, -0.25) is 14.2 Å². The molecule has 32 heavy (non-hydrogen) atoms. The first-order valence-corrected chi connectivity index (χ1v) is 11.3. The van der Waals surface area contributed by atoms with E-state index in [0.717, 1.165) is 23.9 Å². The fourth-order valence-electron chi connectivity index (χ4n) is 2.91. The molecule has 0 aliphatic carbocycles. The molecule has 11 heteroatoms. The molecule has 0 bridgehead atoms. The number of rotatable bonds is 5. The number of fused-ring (bicyclic) bond motifs is 1. The number of carbonyl (C=O) groups is 1. The molecule has 4 aromatic rings. The van der Waals surface area contributed by atoms with Crippen LogP contribution in [0.15, 0.2) is 69.9 Å². The van der Waals surface area contributed by atoms with Crippen LogP contribution in [0.25, 0.3) is 15.9 Å². The second-order valence-electron chi connectivity index (χ2n) is 6.56. The number of aromatic nitrogens is 2. The summed E-state index contributed by atoms with van der Waals surface area (Å²) in [6.45, 7) is 0. The predicted molar refractivity (Wildman–Crippen MR) is 121 cm³/mol. The van der Waals surface area contributed by atoms with Crippen LogP contribution in [0.1, 0.15) is 5.56 Å². The van der Waals surface area contributed by atoms with Crippen LogP contribution < -0.4 is 10.9 Å². The standard InChI is InChI=1S/C21H13ClF3N3O2S2/c22-13-4-6-15(7-5-13)28-19(30)18-16(8-9-31-18)27-20(28)32-11-17(29)26-14-3-1-2-12(10-14)21(23,24)25/h1-10H,11H2,(H,26,29). The number of alkyl halides is 3. The Morgan fingerprint density at radius 1 is 1.16 bits per heavy atom. The Kier molecular flexibility index (Phi) is 6.27. The maximum absolute atomic E-state index is 13.0. The molecule has 4 rings (SSSR count). The third kappa shape index (κ3) is 4.82. The number of nitrogens with one attached hydrogen (secondary N) is 1. The minimum absolute atomic E-state index is 0.0294. The van der Waals surface area contributed by atoms with E-state index in [-0.39, 0.29) is 22.2 Å². The number of hydrogen-bond donors (Lipinski definition) is 1. The van der Waals surface area contributed by atoms with Crippen molar-refractivity contribution in [2.45, 2.75) is 11.3 Å². The third-order valence-electron chi connectivity index (χ3n) is 4.34. The maximum Gasteiger partial charge on any atom is 0.416 e. The van der Waals surface area contributed by atoms with Crippen molar-refractivity contribution in [2.75, 3.05) is 11.1 Å². The first kappa shape index (κ1) is 22.4. The number of nitrogens with zero attached hydrogens (tertiary/aromatic N) is 2. The van der Waals surface area contributed by atoms with Crippen molar-refractivity contribution in [1.82, 2.24) is 9.55 Å². The van der Waals surface area contributed by atoms with Gasteiger partial charge in [0.15, 0.2) is 5.16 Å². The Bertz CT molecular complexity index is 1350. The van der Waals surface area contributed by atoms with Gasteiger partial charge in [-0.15, -0.1) is 11.3 Å². The van der Waals surface area contributed by atoms with Gasteiger partial charge >= 0.3 is 6.18 Å². The fraction of sp³-hybridized carbons (Fsp3) is 0.0952. The van der Waals surface area contributed by atoms with Crippen LogP contribution >= 0.6 is 34.7 Å². The molecular formula is C21H13ClF3N3O2S2. The van der Waals surface area contributed by atoms with Gasteiger partial charge in [-0.2, -0.15) is 13.2 Å². The van der Waals surface area contributed by atoms with Crippen LogP contribution in [-0.4, -0.2) is 21.2 Å². The molecule has 0 saturated carbocycles. The number of benzene rings is 2. The minimum Gasteiger partial charge on any atom is -0.325 e. The van der Waals surface area contributed by atoms with Gasteiger partial charge in [-0.05, 0) is 53.9 Å². The fourth-order valence-corrected chi connectivity index (χ4v) is 4.61. The third-order valence-corrected chi connectivity index (χ3v) is 6.42. The average Bonchev–Trinajstić information content (AvgIpc) is 3.22. The minimum atomic E-state index is -4.51. The highest BCUT2D eigenvalue weighted by molar-refractivity contribution is 7.99. The maximum atomic E-state index is 13.0. The van der Waals surface area contributed by atoms with Crippen LogP contribution in [0.5, 0.6) is 0 Å². The van der Waals surface area contributed by atoms with Crippen LogP contribution in [0.2, 0.25) is 5.02 Å². The summed E-state index contributed by atoms with van der Waals surface area (Å²) in [6, 6.07) is 12.7. The Labute approximate surface area is 192 Å². The lowest BCUT2D eigenvalue weighted by atomic mass is 10.2. The summed E-state index contributed by atoms with van der Waals surface area (Å²) in [5.74, 6) is -0.692. The van der Waals surface area contributed by atoms with Gasteiger partial charge in [0.05, 0.1) is 22.5 Å². The van der Waals surface area contributed by atoms with E-state index in [0.29, 0.717) is 20.9 Å². The molecule has 1 amide bonds. The number of thiophene rings is 1. The van der Waals surface area contributed by atoms with E-state index in [1.54, 1.807) is 35.7 Å². The number of anilines is 1. The lowest BCUT2D eigenvalue weighted by molar-refractivity contribution is -0.137. The van der Waals surface area contributed by atoms with Crippen LogP contribution in [0.4, 0.5) is 18.9 Å². The zero-order valence-corrected chi connectivity index (χ0v) is 18.4. The van der Waals surface area contributed by atoms with Gasteiger partial charge in [0.25, 0.3) is 5.56 Å². The molecule has 0 fully saturated rings. The summed E-state index contributed by atoms with van der Waals surface area (Å²) >= 11 is 8.21. The van der Waals surface area contributed by atoms with Gasteiger partial charge in [0.1, 0.15) is 4.70 Å². The molecule has 0 spiro atoms. The van der Waals surface area contributed by atoms with Gasteiger partial charge in [0.2, 0.25) is 5.91 Å². The van der Waals surface area contributed by atoms with Crippen LogP contribution in [0, 0.1) is 0 Å². The summed E-state index contributed by atoms with van der Waals surface area (Å²) < 4.78 is 40.5. The van der Waals surface area contributed by atoms with E-state index in [1.807, 2.05) is 0 Å². The Balaban J connectivity index is 1.59. The number of carbonyl (C=O) groups excluding carboxylic acids is 1. The topological polar surface area (TPSA) is 64.0 Å². The van der Waals surface area contributed by atoms with E-state index in [2.05, 4.69) is 10.3 Å². The monoisotopic (exact) mass is 495 g/mol. The molecule has 1 N–H and O–H groups in total. The van der Waals surface area contributed by atoms with Crippen LogP contribution in [-0.2, 0) is 11.0 Å². The van der Waals surface area contributed by atoms with E-state index in [4.69, 9.17) is 11.6 Å². The van der Waals surface area contributed by atoms with Gasteiger partial charge in [-0.1, -0.05) is 29.4 Å². The molecule has 0 radical (unpaired) electrons. The van der Waals surface area contributed by atoms with Crippen molar-refractivity contribution in [2.24, 2.45) is 0 Å². The van der Waals surface area contributed by atoms with Crippen molar-refractivity contribution in [3.05, 3.63) is 80.9 Å². The highest BCUT2D eigenvalue weighted by atomic mass is 35.5. The van der Waals surface area contributed by atoms with E-state index >= 15 is 0 Å². The quantitative estimate of drug-likeness (QED) is 0.278. The van der Waals surface area contributed by atoms with Crippen LogP contribution in [0.3, 0.4) is 0 Å². The van der Waals surface area contributed by atoms with Crippen molar-refractivity contribution < 1.29 is 18.0 Å². The Morgan fingerprint density at radius 3 is 2.62 bits per heavy atom. The normalized spacial score (nSPS) is 11.6. The van der Waals surface area contributed by atoms with Gasteiger partial charge in [-0.25, -0.2) is 4.98 Å². The number of amides is 1. The molecule has 0 aliphatic rings. The van der Waals surface area contributed by atoms with Crippen molar-refractivity contribution >= 4 is 56.5 Å². The highest BCUT2D eigenvalue weighted by Gasteiger charge is 2.30. The summed E-state index contributed by atoms with van der Waals surface area (Å²) in [5, 5.41) is 4.98. The summed E-state index contributed by atoms with van der Waals surface area (Å²) in [7, 11) is 0. The average molecular weight is 496 g/mol. The molecule has 164 valence electrons. The lowest BCUT2D eigenvalue weighted by Crippen LogP contribution is -2.22. The molecular weight excluding hydrogens is 483 g/mol. The zero-order chi connectivity index (χ0) is 22.9. The lowest BCUT2D eigenvalue weighted by Gasteiger charge is -2.13. The Hall–Kier alpha value is -2.82. The molecule has 0 aliphatic heterocycles. The predicted octanol–water partition coefficient (Wildman–Crippen LogP) is 5.85. The zero-order valence-electron chi connectivity index (χ0n) is 16.0. The van der Waals surface area contributed by atoms with E-state index in [1.165, 1.54) is 28.0 Å². The molecule has 2 aromatic heterocycles. The molecule has 0 unspecified atom stereocenters. The SMILES string of the molecule is O=C(CSc1nc2ccsc2c(=O)n1-c1ccc(Cl)cc1)Nc1cccc(C(F)(F)F)c1. The molecule has 5 nitrogen and oxygen atoms in total. The van der Waals surface area contributed by atoms with Gasteiger partial charge < -0.3 is 5.32 Å². The summed E-state index contributed by atoms with van der Waals surface area (Å²) in [5.41, 5.74) is -0.0760. The van der Waals surface area contributed by atoms with Gasteiger partial charge in [0, 0.05) is 10.7 Å². The molecule has 0 atom stereocenters. The Morgan fingerprint density at radius 2 is 1.91 bits per heavy atom. The molecule has 2 heterocycles. The smallest absolute Gasteiger partial charge is 0.325 e.